The number of hydrogen-bond donors (Lipinski definition) is 0. The Morgan fingerprint density at radius 3 is 2.32 bits per heavy atom. The van der Waals surface area contributed by atoms with Crippen molar-refractivity contribution in [2.24, 2.45) is 5.41 Å². The summed E-state index contributed by atoms with van der Waals surface area (Å²) in [5.74, 6) is 0.337. The van der Waals surface area contributed by atoms with E-state index >= 15 is 0 Å². The number of hydrogen-bond acceptors (Lipinski definition) is 3. The van der Waals surface area contributed by atoms with Crippen molar-refractivity contribution in [3.63, 3.8) is 0 Å². The summed E-state index contributed by atoms with van der Waals surface area (Å²) >= 11 is 3.58. The summed E-state index contributed by atoms with van der Waals surface area (Å²) in [6.45, 7) is 2.48. The highest BCUT2D eigenvalue weighted by molar-refractivity contribution is 9.09. The Labute approximate surface area is 125 Å². The van der Waals surface area contributed by atoms with Crippen LogP contribution in [0.3, 0.4) is 0 Å². The average Bonchev–Trinajstić information content (AvgIpc) is 2.67. The van der Waals surface area contributed by atoms with Crippen molar-refractivity contribution in [1.82, 2.24) is 0 Å². The first-order chi connectivity index (χ1) is 8.99. The third-order valence-corrected chi connectivity index (χ3v) is 8.47. The Bertz CT molecular complexity index is 385. The summed E-state index contributed by atoms with van der Waals surface area (Å²) in [6, 6.07) is 0. The van der Waals surface area contributed by atoms with Crippen LogP contribution in [0.4, 0.5) is 0 Å². The molecule has 1 heterocycles. The fourth-order valence-electron chi connectivity index (χ4n) is 3.51. The van der Waals surface area contributed by atoms with Crippen LogP contribution in [0.1, 0.15) is 51.9 Å². The summed E-state index contributed by atoms with van der Waals surface area (Å²) < 4.78 is 30.8. The molecule has 1 aliphatic carbocycles. The fraction of sp³-hybridized carbons (Fsp3) is 1.00. The van der Waals surface area contributed by atoms with E-state index in [1.807, 2.05) is 6.92 Å². The van der Waals surface area contributed by atoms with Gasteiger partial charge in [-0.3, -0.25) is 0 Å². The Kier molecular flexibility index (Phi) is 5.34. The van der Waals surface area contributed by atoms with E-state index in [1.165, 1.54) is 12.8 Å². The summed E-state index contributed by atoms with van der Waals surface area (Å²) in [5, 5.41) is 0.521. The van der Waals surface area contributed by atoms with E-state index in [-0.39, 0.29) is 16.8 Å². The minimum absolute atomic E-state index is 0.0440. The molecule has 2 fully saturated rings. The van der Waals surface area contributed by atoms with E-state index in [2.05, 4.69) is 15.9 Å². The van der Waals surface area contributed by atoms with Crippen molar-refractivity contribution in [1.29, 1.82) is 0 Å². The van der Waals surface area contributed by atoms with Crippen molar-refractivity contribution in [2.75, 3.05) is 17.7 Å². The lowest BCUT2D eigenvalue weighted by Crippen LogP contribution is -2.39. The van der Waals surface area contributed by atoms with Gasteiger partial charge in [-0.2, -0.15) is 0 Å². The normalized spacial score (nSPS) is 32.1. The zero-order chi connectivity index (χ0) is 13.9. The number of alkyl halides is 1. The van der Waals surface area contributed by atoms with Gasteiger partial charge >= 0.3 is 0 Å². The minimum atomic E-state index is -3.05. The predicted octanol–water partition coefficient (Wildman–Crippen LogP) is 3.31. The van der Waals surface area contributed by atoms with Crippen molar-refractivity contribution in [3.8, 4) is 0 Å². The number of ether oxygens (including phenoxy) is 1. The SMILES string of the molecule is CC1OCCC1S(=O)(=O)CC1(CBr)CCCCCC1. The Hall–Kier alpha value is 0.390. The highest BCUT2D eigenvalue weighted by atomic mass is 79.9. The molecule has 2 aliphatic rings. The summed E-state index contributed by atoms with van der Waals surface area (Å²) in [4.78, 5) is 0. The van der Waals surface area contributed by atoms with Crippen LogP contribution in [0.25, 0.3) is 0 Å². The molecule has 19 heavy (non-hydrogen) atoms. The van der Waals surface area contributed by atoms with E-state index in [0.29, 0.717) is 18.8 Å². The second kappa shape index (κ2) is 6.44. The molecule has 1 saturated heterocycles. The van der Waals surface area contributed by atoms with Crippen LogP contribution < -0.4 is 0 Å². The Morgan fingerprint density at radius 2 is 1.84 bits per heavy atom. The van der Waals surface area contributed by atoms with Crippen molar-refractivity contribution >= 4 is 25.8 Å². The zero-order valence-corrected chi connectivity index (χ0v) is 14.1. The first kappa shape index (κ1) is 15.8. The first-order valence-electron chi connectivity index (χ1n) is 7.38. The van der Waals surface area contributed by atoms with Crippen LogP contribution in [-0.2, 0) is 14.6 Å². The molecule has 3 nitrogen and oxygen atoms in total. The van der Waals surface area contributed by atoms with Gasteiger partial charge in [0.15, 0.2) is 9.84 Å². The zero-order valence-electron chi connectivity index (χ0n) is 11.7. The molecule has 5 heteroatoms. The molecule has 0 amide bonds. The lowest BCUT2D eigenvalue weighted by Gasteiger charge is -2.32. The van der Waals surface area contributed by atoms with Gasteiger partial charge in [0.2, 0.25) is 0 Å². The van der Waals surface area contributed by atoms with Crippen LogP contribution >= 0.6 is 15.9 Å². The maximum absolute atomic E-state index is 12.7. The minimum Gasteiger partial charge on any atom is -0.377 e. The standard InChI is InChI=1S/C14H25BrO3S/c1-12-13(6-9-18-12)19(16,17)11-14(10-15)7-4-2-3-5-8-14/h12-13H,2-11H2,1H3. The van der Waals surface area contributed by atoms with Gasteiger partial charge in [0.25, 0.3) is 0 Å². The third kappa shape index (κ3) is 3.73. The molecular formula is C14H25BrO3S. The largest absolute Gasteiger partial charge is 0.377 e. The van der Waals surface area contributed by atoms with Crippen LogP contribution in [0.2, 0.25) is 0 Å². The van der Waals surface area contributed by atoms with Crippen LogP contribution in [0.5, 0.6) is 0 Å². The van der Waals surface area contributed by atoms with Gasteiger partial charge in [-0.25, -0.2) is 8.42 Å². The second-order valence-corrected chi connectivity index (χ2v) is 9.04. The smallest absolute Gasteiger partial charge is 0.156 e. The second-order valence-electron chi connectivity index (χ2n) is 6.26. The van der Waals surface area contributed by atoms with Crippen LogP contribution in [0, 0.1) is 5.41 Å². The van der Waals surface area contributed by atoms with Gasteiger partial charge in [0, 0.05) is 11.9 Å². The molecule has 0 N–H and O–H groups in total. The van der Waals surface area contributed by atoms with E-state index in [1.54, 1.807) is 0 Å². The molecule has 1 saturated carbocycles. The van der Waals surface area contributed by atoms with Gasteiger partial charge in [0.05, 0.1) is 17.1 Å². The monoisotopic (exact) mass is 352 g/mol. The van der Waals surface area contributed by atoms with Crippen LogP contribution in [0.15, 0.2) is 0 Å². The van der Waals surface area contributed by atoms with Gasteiger partial charge in [-0.05, 0) is 31.6 Å². The maximum atomic E-state index is 12.7. The summed E-state index contributed by atoms with van der Waals surface area (Å²) in [7, 11) is -3.05. The molecule has 0 spiro atoms. The molecule has 0 aromatic carbocycles. The molecule has 1 aliphatic heterocycles. The topological polar surface area (TPSA) is 43.4 Å². The lowest BCUT2D eigenvalue weighted by molar-refractivity contribution is 0.126. The molecule has 0 aromatic rings. The first-order valence-corrected chi connectivity index (χ1v) is 10.2. The van der Waals surface area contributed by atoms with Crippen molar-refractivity contribution in [3.05, 3.63) is 0 Å². The van der Waals surface area contributed by atoms with Crippen molar-refractivity contribution in [2.45, 2.75) is 63.2 Å². The molecule has 2 atom stereocenters. The summed E-state index contributed by atoms with van der Waals surface area (Å²) in [6.07, 6.45) is 7.44. The van der Waals surface area contributed by atoms with Crippen molar-refractivity contribution < 1.29 is 13.2 Å². The van der Waals surface area contributed by atoms with Crippen LogP contribution in [-0.4, -0.2) is 37.5 Å². The summed E-state index contributed by atoms with van der Waals surface area (Å²) in [5.41, 5.74) is -0.0440. The highest BCUT2D eigenvalue weighted by Crippen LogP contribution is 2.39. The Morgan fingerprint density at radius 1 is 1.21 bits per heavy atom. The molecule has 112 valence electrons. The average molecular weight is 353 g/mol. The van der Waals surface area contributed by atoms with E-state index in [9.17, 15) is 8.42 Å². The number of sulfone groups is 1. The lowest BCUT2D eigenvalue weighted by atomic mass is 9.85. The quantitative estimate of drug-likeness (QED) is 0.575. The van der Waals surface area contributed by atoms with Gasteiger partial charge in [-0.1, -0.05) is 41.6 Å². The molecule has 0 radical (unpaired) electrons. The fourth-order valence-corrected chi connectivity index (χ4v) is 7.11. The number of halogens is 1. The molecular weight excluding hydrogens is 328 g/mol. The predicted molar refractivity (Wildman–Crippen MR) is 81.5 cm³/mol. The Balaban J connectivity index is 2.12. The van der Waals surface area contributed by atoms with Gasteiger partial charge < -0.3 is 4.74 Å². The number of rotatable bonds is 4. The van der Waals surface area contributed by atoms with Gasteiger partial charge in [0.1, 0.15) is 0 Å². The third-order valence-electron chi connectivity index (χ3n) is 4.72. The van der Waals surface area contributed by atoms with E-state index in [0.717, 1.165) is 31.0 Å². The molecule has 0 aromatic heterocycles. The highest BCUT2D eigenvalue weighted by Gasteiger charge is 2.42. The van der Waals surface area contributed by atoms with E-state index in [4.69, 9.17) is 4.74 Å². The van der Waals surface area contributed by atoms with E-state index < -0.39 is 9.84 Å². The molecule has 0 bridgehead atoms. The maximum Gasteiger partial charge on any atom is 0.156 e. The molecule has 2 rings (SSSR count). The molecule has 2 unspecified atom stereocenters. The van der Waals surface area contributed by atoms with Gasteiger partial charge in [-0.15, -0.1) is 0 Å².